The van der Waals surface area contributed by atoms with E-state index in [0.29, 0.717) is 12.1 Å². The number of nitrogens with zero attached hydrogens (tertiary/aromatic N) is 1. The van der Waals surface area contributed by atoms with Crippen molar-refractivity contribution < 1.29 is 14.0 Å². The number of carbonyl (C=O) groups is 2. The summed E-state index contributed by atoms with van der Waals surface area (Å²) in [6, 6.07) is 10.7. The molecule has 0 saturated carbocycles. The number of aryl methyl sites for hydroxylation is 1. The fraction of sp³-hybridized carbons (Fsp3) is 0.500. The number of furan rings is 1. The highest BCUT2D eigenvalue weighted by atomic mass is 16.3. The van der Waals surface area contributed by atoms with Gasteiger partial charge in [-0.3, -0.25) is 14.5 Å². The van der Waals surface area contributed by atoms with E-state index >= 15 is 0 Å². The second-order valence-corrected chi connectivity index (χ2v) is 8.38. The average molecular weight is 412 g/mol. The van der Waals surface area contributed by atoms with Crippen molar-refractivity contribution >= 4 is 11.8 Å². The van der Waals surface area contributed by atoms with E-state index in [9.17, 15) is 9.59 Å². The maximum atomic E-state index is 13.0. The minimum absolute atomic E-state index is 0.00383. The van der Waals surface area contributed by atoms with Gasteiger partial charge in [0, 0.05) is 12.1 Å². The van der Waals surface area contributed by atoms with E-state index in [4.69, 9.17) is 4.42 Å². The van der Waals surface area contributed by atoms with Gasteiger partial charge in [0.2, 0.25) is 5.91 Å². The number of amides is 2. The quantitative estimate of drug-likeness (QED) is 0.695. The maximum Gasteiger partial charge on any atom is 0.252 e. The summed E-state index contributed by atoms with van der Waals surface area (Å²) in [5, 5.41) is 5.99. The number of hydrogen-bond donors (Lipinski definition) is 2. The molecular weight excluding hydrogens is 378 g/mol. The molecule has 2 atom stereocenters. The van der Waals surface area contributed by atoms with Gasteiger partial charge >= 0.3 is 0 Å². The molecule has 1 aromatic heterocycles. The summed E-state index contributed by atoms with van der Waals surface area (Å²) >= 11 is 0. The normalized spacial score (nSPS) is 16.8. The third-order valence-corrected chi connectivity index (χ3v) is 5.80. The molecule has 1 fully saturated rings. The number of nitrogens with one attached hydrogen (secondary N) is 2. The fourth-order valence-corrected chi connectivity index (χ4v) is 4.01. The molecule has 1 aliphatic rings. The predicted octanol–water partition coefficient (Wildman–Crippen LogP) is 3.69. The molecule has 2 amide bonds. The van der Waals surface area contributed by atoms with Crippen molar-refractivity contribution in [3.05, 3.63) is 59.5 Å². The maximum absolute atomic E-state index is 13.0. The largest absolute Gasteiger partial charge is 0.468 e. The Kier molecular flexibility index (Phi) is 7.69. The summed E-state index contributed by atoms with van der Waals surface area (Å²) in [6.45, 7) is 8.23. The van der Waals surface area contributed by atoms with Crippen LogP contribution in [0.15, 0.2) is 47.1 Å². The zero-order chi connectivity index (χ0) is 21.5. The lowest BCUT2D eigenvalue weighted by molar-refractivity contribution is -0.124. The third kappa shape index (κ3) is 5.51. The minimum Gasteiger partial charge on any atom is -0.468 e. The second kappa shape index (κ2) is 10.4. The van der Waals surface area contributed by atoms with Gasteiger partial charge in [0.1, 0.15) is 11.8 Å². The van der Waals surface area contributed by atoms with Gasteiger partial charge in [0.15, 0.2) is 0 Å². The lowest BCUT2D eigenvalue weighted by atomic mass is 10.0. The van der Waals surface area contributed by atoms with Gasteiger partial charge in [0.25, 0.3) is 5.91 Å². The molecule has 2 N–H and O–H groups in total. The zero-order valence-electron chi connectivity index (χ0n) is 18.2. The average Bonchev–Trinajstić information content (AvgIpc) is 3.27. The number of benzene rings is 1. The first-order valence-electron chi connectivity index (χ1n) is 10.9. The number of likely N-dealkylation sites (tertiary alicyclic amines) is 1. The summed E-state index contributed by atoms with van der Waals surface area (Å²) in [6.07, 6.45) is 5.24. The first kappa shape index (κ1) is 22.1. The first-order valence-corrected chi connectivity index (χ1v) is 10.9. The molecule has 0 aliphatic carbocycles. The van der Waals surface area contributed by atoms with Crippen LogP contribution < -0.4 is 10.6 Å². The van der Waals surface area contributed by atoms with Crippen LogP contribution in [0, 0.1) is 12.8 Å². The van der Waals surface area contributed by atoms with Crippen molar-refractivity contribution in [1.82, 2.24) is 15.5 Å². The van der Waals surface area contributed by atoms with Crippen molar-refractivity contribution in [2.45, 2.75) is 52.1 Å². The highest BCUT2D eigenvalue weighted by Gasteiger charge is 2.29. The lowest BCUT2D eigenvalue weighted by Crippen LogP contribution is -2.51. The van der Waals surface area contributed by atoms with Crippen molar-refractivity contribution in [3.8, 4) is 0 Å². The number of carbonyl (C=O) groups excluding carboxylic acids is 2. The zero-order valence-corrected chi connectivity index (χ0v) is 18.2. The molecule has 1 aliphatic heterocycles. The van der Waals surface area contributed by atoms with Gasteiger partial charge < -0.3 is 15.1 Å². The molecular formula is C24H33N3O3. The van der Waals surface area contributed by atoms with Crippen molar-refractivity contribution in [3.63, 3.8) is 0 Å². The Balaban J connectivity index is 1.66. The van der Waals surface area contributed by atoms with Crippen molar-refractivity contribution in [2.75, 3.05) is 19.6 Å². The van der Waals surface area contributed by atoms with Crippen LogP contribution >= 0.6 is 0 Å². The van der Waals surface area contributed by atoms with Crippen LogP contribution in [0.1, 0.15) is 60.8 Å². The van der Waals surface area contributed by atoms with Crippen LogP contribution in [0.25, 0.3) is 0 Å². The summed E-state index contributed by atoms with van der Waals surface area (Å²) in [5.41, 5.74) is 1.48. The van der Waals surface area contributed by atoms with Crippen LogP contribution in [0.5, 0.6) is 0 Å². The van der Waals surface area contributed by atoms with Gasteiger partial charge in [0.05, 0.1) is 12.3 Å². The monoisotopic (exact) mass is 411 g/mol. The fourth-order valence-electron chi connectivity index (χ4n) is 4.01. The molecule has 1 saturated heterocycles. The third-order valence-electron chi connectivity index (χ3n) is 5.80. The Morgan fingerprint density at radius 1 is 1.07 bits per heavy atom. The summed E-state index contributed by atoms with van der Waals surface area (Å²) in [5.74, 6) is 0.443. The molecule has 2 aromatic rings. The molecule has 30 heavy (non-hydrogen) atoms. The van der Waals surface area contributed by atoms with Crippen LogP contribution in [-0.2, 0) is 4.79 Å². The Morgan fingerprint density at radius 3 is 2.43 bits per heavy atom. The Labute approximate surface area is 179 Å². The SMILES string of the molecule is Cc1ccccc1C(=O)NC(C(=O)NCC(c1ccco1)N1CCCCC1)C(C)C. The van der Waals surface area contributed by atoms with Crippen LogP contribution in [0.2, 0.25) is 0 Å². The molecule has 0 radical (unpaired) electrons. The topological polar surface area (TPSA) is 74.6 Å². The Hall–Kier alpha value is -2.60. The van der Waals surface area contributed by atoms with E-state index in [0.717, 1.165) is 37.3 Å². The number of rotatable bonds is 8. The predicted molar refractivity (Wildman–Crippen MR) is 117 cm³/mol. The van der Waals surface area contributed by atoms with Crippen LogP contribution in [0.3, 0.4) is 0 Å². The molecule has 3 rings (SSSR count). The van der Waals surface area contributed by atoms with E-state index < -0.39 is 6.04 Å². The van der Waals surface area contributed by atoms with E-state index in [2.05, 4.69) is 15.5 Å². The molecule has 2 unspecified atom stereocenters. The Morgan fingerprint density at radius 2 is 1.80 bits per heavy atom. The lowest BCUT2D eigenvalue weighted by Gasteiger charge is -2.34. The highest BCUT2D eigenvalue weighted by molar-refractivity contribution is 5.98. The summed E-state index contributed by atoms with van der Waals surface area (Å²) in [7, 11) is 0. The molecule has 6 nitrogen and oxygen atoms in total. The van der Waals surface area contributed by atoms with Gasteiger partial charge in [-0.1, -0.05) is 38.5 Å². The highest BCUT2D eigenvalue weighted by Crippen LogP contribution is 2.24. The molecule has 1 aromatic carbocycles. The standard InChI is InChI=1S/C24H33N3O3/c1-17(2)22(26-23(28)19-11-6-5-10-18(19)3)24(29)25-16-20(21-12-9-15-30-21)27-13-7-4-8-14-27/h5-6,9-12,15,17,20,22H,4,7-8,13-14,16H2,1-3H3,(H,25,29)(H,26,28). The van der Waals surface area contributed by atoms with Gasteiger partial charge in [-0.2, -0.15) is 0 Å². The van der Waals surface area contributed by atoms with E-state index in [1.165, 1.54) is 6.42 Å². The molecule has 2 heterocycles. The first-order chi connectivity index (χ1) is 14.5. The minimum atomic E-state index is -0.601. The van der Waals surface area contributed by atoms with Crippen LogP contribution in [-0.4, -0.2) is 42.4 Å². The summed E-state index contributed by atoms with van der Waals surface area (Å²) < 4.78 is 5.66. The van der Waals surface area contributed by atoms with Crippen molar-refractivity contribution in [2.24, 2.45) is 5.92 Å². The molecule has 0 spiro atoms. The van der Waals surface area contributed by atoms with E-state index in [1.807, 2.05) is 51.1 Å². The molecule has 162 valence electrons. The Bertz CT molecular complexity index is 826. The molecule has 0 bridgehead atoms. The van der Waals surface area contributed by atoms with Crippen LogP contribution in [0.4, 0.5) is 0 Å². The van der Waals surface area contributed by atoms with Gasteiger partial charge in [-0.25, -0.2) is 0 Å². The molecule has 6 heteroatoms. The summed E-state index contributed by atoms with van der Waals surface area (Å²) in [4.78, 5) is 28.1. The van der Waals surface area contributed by atoms with Gasteiger partial charge in [-0.05, 0) is 62.5 Å². The second-order valence-electron chi connectivity index (χ2n) is 8.38. The number of hydrogen-bond acceptors (Lipinski definition) is 4. The van der Waals surface area contributed by atoms with E-state index in [1.54, 1.807) is 12.3 Å². The van der Waals surface area contributed by atoms with Gasteiger partial charge in [-0.15, -0.1) is 0 Å². The van der Waals surface area contributed by atoms with Crippen molar-refractivity contribution in [1.29, 1.82) is 0 Å². The van der Waals surface area contributed by atoms with E-state index in [-0.39, 0.29) is 23.8 Å². The smallest absolute Gasteiger partial charge is 0.252 e. The number of piperidine rings is 1.